The minimum Gasteiger partial charge on any atom is -0.364 e. The van der Waals surface area contributed by atoms with E-state index in [1.807, 2.05) is 38.1 Å². The highest BCUT2D eigenvalue weighted by molar-refractivity contribution is 5.36. The summed E-state index contributed by atoms with van der Waals surface area (Å²) in [4.78, 5) is 13.4. The van der Waals surface area contributed by atoms with Gasteiger partial charge in [0.05, 0.1) is 12.2 Å². The van der Waals surface area contributed by atoms with E-state index in [1.54, 1.807) is 0 Å². The highest BCUT2D eigenvalue weighted by Gasteiger charge is 2.06. The molecule has 0 aliphatic rings. The number of aryl methyl sites for hydroxylation is 2. The maximum absolute atomic E-state index is 4.52. The number of nitrogens with one attached hydrogen (secondary N) is 1. The Hall–Kier alpha value is -1.97. The lowest BCUT2D eigenvalue weighted by molar-refractivity contribution is 0.766. The number of hydrogen-bond donors (Lipinski definition) is 1. The Balaban J connectivity index is 2.11. The minimum absolute atomic E-state index is 0.331. The third kappa shape index (κ3) is 3.74. The van der Waals surface area contributed by atoms with Gasteiger partial charge in [0.2, 0.25) is 0 Å². The van der Waals surface area contributed by atoms with Crippen molar-refractivity contribution in [2.75, 3.05) is 5.32 Å². The Bertz CT molecular complexity index is 564. The van der Waals surface area contributed by atoms with E-state index in [4.69, 9.17) is 0 Å². The lowest BCUT2D eigenvalue weighted by Gasteiger charge is -2.10. The Morgan fingerprint density at radius 3 is 2.53 bits per heavy atom. The molecule has 0 aliphatic heterocycles. The molecule has 0 fully saturated rings. The molecular formula is C15H20N4. The maximum Gasteiger partial charge on any atom is 0.133 e. The lowest BCUT2D eigenvalue weighted by atomic mass is 10.2. The fourth-order valence-corrected chi connectivity index (χ4v) is 1.82. The van der Waals surface area contributed by atoms with E-state index in [1.165, 1.54) is 0 Å². The van der Waals surface area contributed by atoms with Crippen molar-refractivity contribution in [2.45, 2.75) is 40.2 Å². The third-order valence-corrected chi connectivity index (χ3v) is 2.78. The number of rotatable bonds is 4. The lowest BCUT2D eigenvalue weighted by Crippen LogP contribution is -2.07. The first kappa shape index (κ1) is 13.5. The van der Waals surface area contributed by atoms with Crippen molar-refractivity contribution in [3.63, 3.8) is 0 Å². The number of nitrogens with zero attached hydrogens (tertiary/aromatic N) is 3. The Labute approximate surface area is 114 Å². The highest BCUT2D eigenvalue weighted by atomic mass is 15.0. The van der Waals surface area contributed by atoms with Crippen molar-refractivity contribution in [3.05, 3.63) is 47.2 Å². The van der Waals surface area contributed by atoms with Crippen LogP contribution in [0.15, 0.2) is 24.3 Å². The fourth-order valence-electron chi connectivity index (χ4n) is 1.82. The predicted octanol–water partition coefficient (Wildman–Crippen LogP) is 3.22. The summed E-state index contributed by atoms with van der Waals surface area (Å²) in [6.45, 7) is 8.86. The molecule has 0 bridgehead atoms. The smallest absolute Gasteiger partial charge is 0.133 e. The molecular weight excluding hydrogens is 236 g/mol. The van der Waals surface area contributed by atoms with Gasteiger partial charge in [-0.05, 0) is 26.0 Å². The first-order valence-corrected chi connectivity index (χ1v) is 6.56. The van der Waals surface area contributed by atoms with E-state index in [2.05, 4.69) is 34.1 Å². The molecule has 2 aromatic heterocycles. The second-order valence-electron chi connectivity index (χ2n) is 5.03. The zero-order chi connectivity index (χ0) is 13.8. The molecule has 0 spiro atoms. The Kier molecular flexibility index (Phi) is 4.10. The quantitative estimate of drug-likeness (QED) is 0.912. The number of aromatic nitrogens is 3. The molecule has 0 unspecified atom stereocenters. The van der Waals surface area contributed by atoms with Gasteiger partial charge in [0.15, 0.2) is 0 Å². The van der Waals surface area contributed by atoms with Gasteiger partial charge in [-0.2, -0.15) is 0 Å². The Morgan fingerprint density at radius 2 is 1.84 bits per heavy atom. The Morgan fingerprint density at radius 1 is 1.05 bits per heavy atom. The van der Waals surface area contributed by atoms with Gasteiger partial charge >= 0.3 is 0 Å². The van der Waals surface area contributed by atoms with Crippen LogP contribution in [0.4, 0.5) is 5.82 Å². The van der Waals surface area contributed by atoms with Crippen LogP contribution in [0.3, 0.4) is 0 Å². The van der Waals surface area contributed by atoms with E-state index in [-0.39, 0.29) is 0 Å². The van der Waals surface area contributed by atoms with Crippen LogP contribution in [0.5, 0.6) is 0 Å². The largest absolute Gasteiger partial charge is 0.364 e. The molecule has 4 nitrogen and oxygen atoms in total. The predicted molar refractivity (Wildman–Crippen MR) is 77.2 cm³/mol. The second kappa shape index (κ2) is 5.78. The molecule has 0 radical (unpaired) electrons. The van der Waals surface area contributed by atoms with Crippen LogP contribution in [0.25, 0.3) is 0 Å². The van der Waals surface area contributed by atoms with Crippen LogP contribution in [0.2, 0.25) is 0 Å². The molecule has 1 N–H and O–H groups in total. The molecule has 4 heteroatoms. The number of pyridine rings is 1. The van der Waals surface area contributed by atoms with E-state index in [9.17, 15) is 0 Å². The minimum atomic E-state index is 0.331. The summed E-state index contributed by atoms with van der Waals surface area (Å²) < 4.78 is 0. The van der Waals surface area contributed by atoms with Crippen molar-refractivity contribution < 1.29 is 0 Å². The maximum atomic E-state index is 4.52. The molecule has 0 saturated heterocycles. The van der Waals surface area contributed by atoms with Crippen molar-refractivity contribution in [1.29, 1.82) is 0 Å². The van der Waals surface area contributed by atoms with E-state index >= 15 is 0 Å². The SMILES string of the molecule is Cc1cccc(CNc2cc(C)nc(C(C)C)n2)n1. The van der Waals surface area contributed by atoms with Gasteiger partial charge in [0, 0.05) is 23.4 Å². The van der Waals surface area contributed by atoms with Crippen LogP contribution < -0.4 is 5.32 Å². The van der Waals surface area contributed by atoms with E-state index < -0.39 is 0 Å². The van der Waals surface area contributed by atoms with Gasteiger partial charge in [-0.25, -0.2) is 9.97 Å². The standard InChI is InChI=1S/C15H20N4/c1-10(2)15-18-12(4)8-14(19-15)16-9-13-7-5-6-11(3)17-13/h5-8,10H,9H2,1-4H3,(H,16,18,19). The topological polar surface area (TPSA) is 50.7 Å². The molecule has 0 atom stereocenters. The zero-order valence-electron chi connectivity index (χ0n) is 11.9. The molecule has 2 heterocycles. The molecule has 100 valence electrons. The van der Waals surface area contributed by atoms with Gasteiger partial charge in [0.1, 0.15) is 11.6 Å². The number of hydrogen-bond acceptors (Lipinski definition) is 4. The van der Waals surface area contributed by atoms with Crippen molar-refractivity contribution in [1.82, 2.24) is 15.0 Å². The highest BCUT2D eigenvalue weighted by Crippen LogP contribution is 2.14. The summed E-state index contributed by atoms with van der Waals surface area (Å²) in [5.41, 5.74) is 3.03. The monoisotopic (exact) mass is 256 g/mol. The molecule has 2 aromatic rings. The zero-order valence-corrected chi connectivity index (χ0v) is 11.9. The van der Waals surface area contributed by atoms with Crippen LogP contribution >= 0.6 is 0 Å². The summed E-state index contributed by atoms with van der Waals surface area (Å²) in [6, 6.07) is 7.98. The molecule has 0 amide bonds. The van der Waals surface area contributed by atoms with Crippen molar-refractivity contribution in [3.8, 4) is 0 Å². The average molecular weight is 256 g/mol. The summed E-state index contributed by atoms with van der Waals surface area (Å²) in [5, 5.41) is 3.31. The molecule has 19 heavy (non-hydrogen) atoms. The van der Waals surface area contributed by atoms with Gasteiger partial charge in [-0.1, -0.05) is 19.9 Å². The number of anilines is 1. The fraction of sp³-hybridized carbons (Fsp3) is 0.400. The molecule has 0 aliphatic carbocycles. The normalized spacial score (nSPS) is 10.8. The van der Waals surface area contributed by atoms with Crippen molar-refractivity contribution in [2.24, 2.45) is 0 Å². The third-order valence-electron chi connectivity index (χ3n) is 2.78. The van der Waals surface area contributed by atoms with Gasteiger partial charge in [-0.3, -0.25) is 4.98 Å². The summed E-state index contributed by atoms with van der Waals surface area (Å²) in [6.07, 6.45) is 0. The second-order valence-corrected chi connectivity index (χ2v) is 5.03. The summed E-state index contributed by atoms with van der Waals surface area (Å²) in [7, 11) is 0. The average Bonchev–Trinajstić information content (AvgIpc) is 2.36. The summed E-state index contributed by atoms with van der Waals surface area (Å²) in [5.74, 6) is 2.07. The van der Waals surface area contributed by atoms with Gasteiger partial charge in [0.25, 0.3) is 0 Å². The molecule has 0 saturated carbocycles. The molecule has 2 rings (SSSR count). The van der Waals surface area contributed by atoms with Crippen LogP contribution in [-0.4, -0.2) is 15.0 Å². The van der Waals surface area contributed by atoms with Crippen molar-refractivity contribution >= 4 is 5.82 Å². The first-order chi connectivity index (χ1) is 9.04. The van der Waals surface area contributed by atoms with Gasteiger partial charge < -0.3 is 5.32 Å². The van der Waals surface area contributed by atoms with Gasteiger partial charge in [-0.15, -0.1) is 0 Å². The summed E-state index contributed by atoms with van der Waals surface area (Å²) >= 11 is 0. The van der Waals surface area contributed by atoms with Crippen LogP contribution in [-0.2, 0) is 6.54 Å². The first-order valence-electron chi connectivity index (χ1n) is 6.56. The molecule has 0 aromatic carbocycles. The van der Waals surface area contributed by atoms with Crippen LogP contribution in [0.1, 0.15) is 42.7 Å². The van der Waals surface area contributed by atoms with E-state index in [0.29, 0.717) is 12.5 Å². The van der Waals surface area contributed by atoms with Crippen LogP contribution in [0, 0.1) is 13.8 Å². The van der Waals surface area contributed by atoms with E-state index in [0.717, 1.165) is 28.7 Å².